The number of hydrogen-bond donors (Lipinski definition) is 1. The predicted octanol–water partition coefficient (Wildman–Crippen LogP) is 0.650. The van der Waals surface area contributed by atoms with Gasteiger partial charge >= 0.3 is 5.97 Å². The molecule has 1 heterocycles. The molecular weight excluding hydrogens is 196 g/mol. The lowest BCUT2D eigenvalue weighted by Crippen LogP contribution is -2.28. The van der Waals surface area contributed by atoms with Crippen molar-refractivity contribution in [3.05, 3.63) is 24.0 Å². The molecule has 5 nitrogen and oxygen atoms in total. The van der Waals surface area contributed by atoms with Crippen molar-refractivity contribution in [2.24, 2.45) is 0 Å². The molecule has 0 saturated heterocycles. The third-order valence-corrected chi connectivity index (χ3v) is 2.07. The number of aromatic amines is 1. The van der Waals surface area contributed by atoms with E-state index in [1.54, 1.807) is 25.5 Å². The van der Waals surface area contributed by atoms with Crippen LogP contribution in [0.1, 0.15) is 16.8 Å². The standard InChI is InChI=1S/C10H14N2O3/c1-12(6-4-9(13)15-2)10(14)8-3-5-11-7-8/h3,5,7,11H,4,6H2,1-2H3. The number of aromatic nitrogens is 1. The summed E-state index contributed by atoms with van der Waals surface area (Å²) in [5, 5.41) is 0. The summed E-state index contributed by atoms with van der Waals surface area (Å²) in [5.74, 6) is -0.427. The first-order valence-electron chi connectivity index (χ1n) is 4.60. The van der Waals surface area contributed by atoms with Crippen molar-refractivity contribution in [3.8, 4) is 0 Å². The number of carbonyl (C=O) groups excluding carboxylic acids is 2. The van der Waals surface area contributed by atoms with Gasteiger partial charge in [-0.15, -0.1) is 0 Å². The van der Waals surface area contributed by atoms with Crippen molar-refractivity contribution < 1.29 is 14.3 Å². The van der Waals surface area contributed by atoms with Gasteiger partial charge in [0.05, 0.1) is 19.1 Å². The highest BCUT2D eigenvalue weighted by atomic mass is 16.5. The van der Waals surface area contributed by atoms with E-state index in [-0.39, 0.29) is 18.3 Å². The summed E-state index contributed by atoms with van der Waals surface area (Å²) >= 11 is 0. The Labute approximate surface area is 88.0 Å². The average molecular weight is 210 g/mol. The van der Waals surface area contributed by atoms with E-state index < -0.39 is 0 Å². The van der Waals surface area contributed by atoms with E-state index in [2.05, 4.69) is 9.72 Å². The largest absolute Gasteiger partial charge is 0.469 e. The number of rotatable bonds is 4. The Kier molecular flexibility index (Phi) is 3.91. The first kappa shape index (κ1) is 11.3. The summed E-state index contributed by atoms with van der Waals surface area (Å²) in [7, 11) is 2.98. The van der Waals surface area contributed by atoms with E-state index in [9.17, 15) is 9.59 Å². The Morgan fingerprint density at radius 3 is 2.80 bits per heavy atom. The Morgan fingerprint density at radius 2 is 2.27 bits per heavy atom. The van der Waals surface area contributed by atoms with Crippen molar-refractivity contribution in [1.82, 2.24) is 9.88 Å². The number of hydrogen-bond acceptors (Lipinski definition) is 3. The molecule has 1 rings (SSSR count). The van der Waals surface area contributed by atoms with Crippen LogP contribution in [0.3, 0.4) is 0 Å². The third-order valence-electron chi connectivity index (χ3n) is 2.07. The van der Waals surface area contributed by atoms with Crippen LogP contribution in [0.15, 0.2) is 18.5 Å². The lowest BCUT2D eigenvalue weighted by molar-refractivity contribution is -0.140. The highest BCUT2D eigenvalue weighted by Crippen LogP contribution is 2.02. The molecule has 5 heteroatoms. The zero-order valence-electron chi connectivity index (χ0n) is 8.82. The van der Waals surface area contributed by atoms with Crippen molar-refractivity contribution in [1.29, 1.82) is 0 Å². The normalized spacial score (nSPS) is 9.73. The van der Waals surface area contributed by atoms with Crippen LogP contribution in [-0.2, 0) is 9.53 Å². The molecular formula is C10H14N2O3. The summed E-state index contributed by atoms with van der Waals surface area (Å²) < 4.78 is 4.49. The first-order valence-corrected chi connectivity index (χ1v) is 4.60. The van der Waals surface area contributed by atoms with Gasteiger partial charge in [-0.05, 0) is 6.07 Å². The Bertz CT molecular complexity index is 332. The molecule has 0 saturated carbocycles. The molecule has 0 aromatic carbocycles. The van der Waals surface area contributed by atoms with E-state index in [1.165, 1.54) is 12.0 Å². The van der Waals surface area contributed by atoms with Crippen LogP contribution in [0.5, 0.6) is 0 Å². The molecule has 0 bridgehead atoms. The maximum atomic E-state index is 11.7. The van der Waals surface area contributed by atoms with Gasteiger partial charge in [0.1, 0.15) is 0 Å². The van der Waals surface area contributed by atoms with Gasteiger partial charge in [-0.1, -0.05) is 0 Å². The summed E-state index contributed by atoms with van der Waals surface area (Å²) in [6.07, 6.45) is 3.52. The van der Waals surface area contributed by atoms with Gasteiger partial charge in [0, 0.05) is 26.0 Å². The number of methoxy groups -OCH3 is 1. The molecule has 0 atom stereocenters. The monoisotopic (exact) mass is 210 g/mol. The van der Waals surface area contributed by atoms with E-state index in [4.69, 9.17) is 0 Å². The fourth-order valence-electron chi connectivity index (χ4n) is 1.14. The second kappa shape index (κ2) is 5.19. The van der Waals surface area contributed by atoms with Crippen LogP contribution in [0.25, 0.3) is 0 Å². The van der Waals surface area contributed by atoms with Gasteiger partial charge in [0.2, 0.25) is 0 Å². The average Bonchev–Trinajstić information content (AvgIpc) is 2.77. The van der Waals surface area contributed by atoms with E-state index >= 15 is 0 Å². The number of esters is 1. The second-order valence-electron chi connectivity index (χ2n) is 3.15. The molecule has 0 aliphatic rings. The van der Waals surface area contributed by atoms with Crippen molar-refractivity contribution in [2.45, 2.75) is 6.42 Å². The SMILES string of the molecule is COC(=O)CCN(C)C(=O)c1cc[nH]c1. The number of carbonyl (C=O) groups is 2. The zero-order chi connectivity index (χ0) is 11.3. The van der Waals surface area contributed by atoms with Gasteiger partial charge in [0.25, 0.3) is 5.91 Å². The quantitative estimate of drug-likeness (QED) is 0.742. The molecule has 1 amide bonds. The lowest BCUT2D eigenvalue weighted by Gasteiger charge is -2.15. The van der Waals surface area contributed by atoms with Gasteiger partial charge in [-0.25, -0.2) is 0 Å². The summed E-state index contributed by atoms with van der Waals surface area (Å²) in [6.45, 7) is 0.358. The summed E-state index contributed by atoms with van der Waals surface area (Å²) in [5.41, 5.74) is 0.586. The molecule has 82 valence electrons. The van der Waals surface area contributed by atoms with Gasteiger partial charge < -0.3 is 14.6 Å². The lowest BCUT2D eigenvalue weighted by atomic mass is 10.3. The molecule has 0 aliphatic carbocycles. The zero-order valence-corrected chi connectivity index (χ0v) is 8.82. The molecule has 1 aromatic heterocycles. The van der Waals surface area contributed by atoms with Gasteiger partial charge in [-0.2, -0.15) is 0 Å². The van der Waals surface area contributed by atoms with E-state index in [1.807, 2.05) is 0 Å². The van der Waals surface area contributed by atoms with Crippen molar-refractivity contribution in [2.75, 3.05) is 20.7 Å². The minimum Gasteiger partial charge on any atom is -0.469 e. The fraction of sp³-hybridized carbons (Fsp3) is 0.400. The maximum absolute atomic E-state index is 11.7. The van der Waals surface area contributed by atoms with Crippen molar-refractivity contribution >= 4 is 11.9 Å². The summed E-state index contributed by atoms with van der Waals surface area (Å²) in [6, 6.07) is 1.69. The highest BCUT2D eigenvalue weighted by molar-refractivity contribution is 5.94. The van der Waals surface area contributed by atoms with Crippen molar-refractivity contribution in [3.63, 3.8) is 0 Å². The van der Waals surface area contributed by atoms with Crippen LogP contribution >= 0.6 is 0 Å². The number of H-pyrrole nitrogens is 1. The molecule has 15 heavy (non-hydrogen) atoms. The number of ether oxygens (including phenoxy) is 1. The fourth-order valence-corrected chi connectivity index (χ4v) is 1.14. The Morgan fingerprint density at radius 1 is 1.53 bits per heavy atom. The Hall–Kier alpha value is -1.78. The van der Waals surface area contributed by atoms with Crippen LogP contribution in [-0.4, -0.2) is 42.5 Å². The van der Waals surface area contributed by atoms with Gasteiger partial charge in [-0.3, -0.25) is 9.59 Å². The molecule has 0 spiro atoms. The number of nitrogens with zero attached hydrogens (tertiary/aromatic N) is 1. The third kappa shape index (κ3) is 3.12. The van der Waals surface area contributed by atoms with Crippen LogP contribution < -0.4 is 0 Å². The predicted molar refractivity (Wildman–Crippen MR) is 54.4 cm³/mol. The van der Waals surface area contributed by atoms with E-state index in [0.29, 0.717) is 12.1 Å². The van der Waals surface area contributed by atoms with Crippen LogP contribution in [0.4, 0.5) is 0 Å². The van der Waals surface area contributed by atoms with Crippen LogP contribution in [0.2, 0.25) is 0 Å². The minimum absolute atomic E-state index is 0.111. The Balaban J connectivity index is 2.44. The molecule has 0 radical (unpaired) electrons. The minimum atomic E-state index is -0.316. The summed E-state index contributed by atoms with van der Waals surface area (Å²) in [4.78, 5) is 26.8. The second-order valence-corrected chi connectivity index (χ2v) is 3.15. The van der Waals surface area contributed by atoms with E-state index in [0.717, 1.165) is 0 Å². The van der Waals surface area contributed by atoms with Crippen LogP contribution in [0, 0.1) is 0 Å². The molecule has 1 N–H and O–H groups in total. The molecule has 0 fully saturated rings. The number of amides is 1. The molecule has 1 aromatic rings. The molecule has 0 unspecified atom stereocenters. The smallest absolute Gasteiger partial charge is 0.307 e. The topological polar surface area (TPSA) is 62.4 Å². The first-order chi connectivity index (χ1) is 7.15. The maximum Gasteiger partial charge on any atom is 0.307 e. The van der Waals surface area contributed by atoms with Gasteiger partial charge in [0.15, 0.2) is 0 Å². The number of nitrogens with one attached hydrogen (secondary N) is 1. The molecule has 0 aliphatic heterocycles. The highest BCUT2D eigenvalue weighted by Gasteiger charge is 2.12.